The molecule has 0 radical (unpaired) electrons. The summed E-state index contributed by atoms with van der Waals surface area (Å²) in [5.41, 5.74) is 0. The van der Waals surface area contributed by atoms with E-state index in [4.69, 9.17) is 9.47 Å². The van der Waals surface area contributed by atoms with Gasteiger partial charge in [-0.25, -0.2) is 0 Å². The zero-order chi connectivity index (χ0) is 62.1. The number of nitrogens with one attached hydrogen (secondary N) is 1. The van der Waals surface area contributed by atoms with Gasteiger partial charge in [0, 0.05) is 6.42 Å². The molecule has 0 aromatic carbocycles. The number of hydrogen-bond acceptors (Lipinski definition) is 8. The van der Waals surface area contributed by atoms with Crippen LogP contribution in [0.25, 0.3) is 0 Å². The molecule has 1 saturated heterocycles. The van der Waals surface area contributed by atoms with Crippen molar-refractivity contribution in [3.8, 4) is 0 Å². The normalized spacial score (nSPS) is 18.2. The summed E-state index contributed by atoms with van der Waals surface area (Å²) in [6.07, 6.45) is 83.5. The number of hydrogen-bond donors (Lipinski definition) is 6. The Morgan fingerprint density at radius 1 is 0.407 bits per heavy atom. The lowest BCUT2D eigenvalue weighted by Gasteiger charge is -2.40. The number of aliphatic hydroxyl groups excluding tert-OH is 5. The fourth-order valence-electron chi connectivity index (χ4n) is 12.3. The highest BCUT2D eigenvalue weighted by Crippen LogP contribution is 2.24. The van der Waals surface area contributed by atoms with E-state index in [9.17, 15) is 30.3 Å². The highest BCUT2D eigenvalue weighted by molar-refractivity contribution is 5.76. The van der Waals surface area contributed by atoms with Crippen LogP contribution in [0.3, 0.4) is 0 Å². The highest BCUT2D eigenvalue weighted by Gasteiger charge is 2.44. The van der Waals surface area contributed by atoms with Gasteiger partial charge in [-0.15, -0.1) is 0 Å². The van der Waals surface area contributed by atoms with Crippen LogP contribution >= 0.6 is 0 Å². The van der Waals surface area contributed by atoms with Gasteiger partial charge < -0.3 is 40.3 Å². The molecule has 7 unspecified atom stereocenters. The molecule has 6 N–H and O–H groups in total. The summed E-state index contributed by atoms with van der Waals surface area (Å²) in [7, 11) is 0. The minimum atomic E-state index is -1.55. The molecule has 9 nitrogen and oxygen atoms in total. The molecular formula is C77H145NO8. The fraction of sp³-hybridized carbons (Fsp3) is 0.883. The molecule has 0 aromatic rings. The molecule has 0 bridgehead atoms. The van der Waals surface area contributed by atoms with Gasteiger partial charge in [-0.3, -0.25) is 4.79 Å². The molecule has 0 aliphatic carbocycles. The molecule has 7 atom stereocenters. The van der Waals surface area contributed by atoms with Gasteiger partial charge in [0.25, 0.3) is 0 Å². The van der Waals surface area contributed by atoms with Crippen LogP contribution in [0.2, 0.25) is 0 Å². The van der Waals surface area contributed by atoms with Gasteiger partial charge in [-0.05, 0) is 51.4 Å². The van der Waals surface area contributed by atoms with Crippen molar-refractivity contribution < 1.29 is 39.8 Å². The van der Waals surface area contributed by atoms with Crippen LogP contribution in [-0.2, 0) is 14.3 Å². The van der Waals surface area contributed by atoms with Gasteiger partial charge in [0.1, 0.15) is 24.4 Å². The van der Waals surface area contributed by atoms with Gasteiger partial charge >= 0.3 is 0 Å². The summed E-state index contributed by atoms with van der Waals surface area (Å²) in [5.74, 6) is -0.137. The number of rotatable bonds is 67. The first-order valence-corrected chi connectivity index (χ1v) is 37.8. The molecule has 1 aliphatic heterocycles. The topological polar surface area (TPSA) is 149 Å². The van der Waals surface area contributed by atoms with Gasteiger partial charge in [0.05, 0.1) is 25.4 Å². The quantitative estimate of drug-likeness (QED) is 0.0261. The Kier molecular flexibility index (Phi) is 63.1. The second-order valence-corrected chi connectivity index (χ2v) is 26.4. The van der Waals surface area contributed by atoms with Gasteiger partial charge in [-0.1, -0.05) is 371 Å². The Morgan fingerprint density at radius 3 is 1.07 bits per heavy atom. The smallest absolute Gasteiger partial charge is 0.220 e. The average Bonchev–Trinajstić information content (AvgIpc) is 3.59. The Balaban J connectivity index is 2.07. The SMILES string of the molecule is CC/C=C\C/C=C\C/C=C\C/C=C\CCCCCCCCCCCCCCCCCCCCC(=O)NC(COC1OC(CO)C(O)C(O)C1O)C(O)CCCCCCCCCCCCCCCCCCCCCCCCCCCCCCCCCC. The zero-order valence-corrected chi connectivity index (χ0v) is 56.8. The maximum absolute atomic E-state index is 13.2. The molecule has 1 fully saturated rings. The zero-order valence-electron chi connectivity index (χ0n) is 56.8. The maximum atomic E-state index is 13.2. The molecular weight excluding hydrogens is 1070 g/mol. The summed E-state index contributed by atoms with van der Waals surface area (Å²) < 4.78 is 11.4. The fourth-order valence-corrected chi connectivity index (χ4v) is 12.3. The van der Waals surface area contributed by atoms with Gasteiger partial charge in [0.15, 0.2) is 6.29 Å². The standard InChI is InChI=1S/C77H145NO8/c1-3-5-7-9-11-13-15-17-19-21-23-25-27-29-31-33-35-37-38-40-42-44-46-48-50-52-54-56-58-60-62-64-66-71(80)70(69-85-77-76(84)75(83)74(82)72(68-79)86-77)78-73(81)67-65-63-61-59-57-55-53-51-49-47-45-43-41-39-36-34-32-30-28-26-24-22-20-18-16-14-12-10-8-6-4-2/h6,8,12,14,18,20,24,26,70-72,74-77,79-80,82-84H,3-5,7,9-11,13,15-17,19,21-23,25,27-69H2,1-2H3,(H,78,81)/b8-6-,14-12-,20-18-,26-24-. The summed E-state index contributed by atoms with van der Waals surface area (Å²) in [6.45, 7) is 3.78. The number of unbranched alkanes of at least 4 members (excludes halogenated alkanes) is 49. The molecule has 9 heteroatoms. The van der Waals surface area contributed by atoms with Crippen molar-refractivity contribution in [1.82, 2.24) is 5.32 Å². The van der Waals surface area contributed by atoms with E-state index in [0.29, 0.717) is 12.8 Å². The van der Waals surface area contributed by atoms with E-state index < -0.39 is 49.5 Å². The Labute approximate surface area is 533 Å². The van der Waals surface area contributed by atoms with Crippen molar-refractivity contribution in [2.45, 2.75) is 423 Å². The predicted molar refractivity (Wildman–Crippen MR) is 369 cm³/mol. The van der Waals surface area contributed by atoms with Crippen molar-refractivity contribution in [2.75, 3.05) is 13.2 Å². The van der Waals surface area contributed by atoms with E-state index in [-0.39, 0.29) is 12.5 Å². The molecule has 506 valence electrons. The van der Waals surface area contributed by atoms with Crippen LogP contribution in [0, 0.1) is 0 Å². The van der Waals surface area contributed by atoms with Crippen LogP contribution in [0.1, 0.15) is 380 Å². The summed E-state index contributed by atoms with van der Waals surface area (Å²) in [5, 5.41) is 55.0. The second kappa shape index (κ2) is 66.1. The monoisotopic (exact) mass is 1210 g/mol. The molecule has 86 heavy (non-hydrogen) atoms. The second-order valence-electron chi connectivity index (χ2n) is 26.4. The number of amides is 1. The number of carbonyl (C=O) groups is 1. The minimum absolute atomic E-state index is 0.135. The minimum Gasteiger partial charge on any atom is -0.394 e. The summed E-state index contributed by atoms with van der Waals surface area (Å²) >= 11 is 0. The molecule has 1 amide bonds. The Bertz CT molecular complexity index is 1500. The van der Waals surface area contributed by atoms with Gasteiger partial charge in [0.2, 0.25) is 5.91 Å². The highest BCUT2D eigenvalue weighted by atomic mass is 16.7. The van der Waals surface area contributed by atoms with E-state index in [1.54, 1.807) is 0 Å². The molecule has 0 saturated carbocycles. The van der Waals surface area contributed by atoms with Crippen LogP contribution in [0.5, 0.6) is 0 Å². The van der Waals surface area contributed by atoms with Crippen molar-refractivity contribution in [1.29, 1.82) is 0 Å². The van der Waals surface area contributed by atoms with Crippen LogP contribution in [-0.4, -0.2) is 87.5 Å². The molecule has 1 heterocycles. The predicted octanol–water partition coefficient (Wildman–Crippen LogP) is 21.1. The third-order valence-corrected chi connectivity index (χ3v) is 18.2. The lowest BCUT2D eigenvalue weighted by atomic mass is 9.99. The summed E-state index contributed by atoms with van der Waals surface area (Å²) in [6, 6.07) is -0.721. The third-order valence-electron chi connectivity index (χ3n) is 18.2. The molecule has 1 aliphatic rings. The molecule has 0 aromatic heterocycles. The van der Waals surface area contributed by atoms with Crippen molar-refractivity contribution in [3.05, 3.63) is 48.6 Å². The maximum Gasteiger partial charge on any atom is 0.220 e. The van der Waals surface area contributed by atoms with E-state index in [2.05, 4.69) is 67.8 Å². The largest absolute Gasteiger partial charge is 0.394 e. The van der Waals surface area contributed by atoms with Crippen LogP contribution < -0.4 is 5.32 Å². The molecule has 1 rings (SSSR count). The van der Waals surface area contributed by atoms with E-state index >= 15 is 0 Å². The number of carbonyl (C=O) groups excluding carboxylic acids is 1. The average molecular weight is 1210 g/mol. The lowest BCUT2D eigenvalue weighted by molar-refractivity contribution is -0.302. The number of ether oxygens (including phenoxy) is 2. The van der Waals surface area contributed by atoms with Crippen molar-refractivity contribution in [3.63, 3.8) is 0 Å². The van der Waals surface area contributed by atoms with Crippen LogP contribution in [0.4, 0.5) is 0 Å². The Hall–Kier alpha value is -1.85. The van der Waals surface area contributed by atoms with Crippen molar-refractivity contribution in [2.24, 2.45) is 0 Å². The van der Waals surface area contributed by atoms with E-state index in [1.807, 2.05) is 0 Å². The van der Waals surface area contributed by atoms with Crippen molar-refractivity contribution >= 4 is 5.91 Å². The number of aliphatic hydroxyl groups is 5. The van der Waals surface area contributed by atoms with Crippen LogP contribution in [0.15, 0.2) is 48.6 Å². The first-order chi connectivity index (χ1) is 42.3. The van der Waals surface area contributed by atoms with Gasteiger partial charge in [-0.2, -0.15) is 0 Å². The lowest BCUT2D eigenvalue weighted by Crippen LogP contribution is -2.60. The van der Waals surface area contributed by atoms with E-state index in [0.717, 1.165) is 64.2 Å². The van der Waals surface area contributed by atoms with E-state index in [1.165, 1.54) is 289 Å². The summed E-state index contributed by atoms with van der Waals surface area (Å²) in [4.78, 5) is 13.2. The number of allylic oxidation sites excluding steroid dienone is 8. The third kappa shape index (κ3) is 53.9. The Morgan fingerprint density at radius 2 is 0.721 bits per heavy atom. The molecule has 0 spiro atoms. The first-order valence-electron chi connectivity index (χ1n) is 37.8. The first kappa shape index (κ1) is 82.2.